The van der Waals surface area contributed by atoms with Crippen LogP contribution in [0.25, 0.3) is 10.9 Å². The van der Waals surface area contributed by atoms with E-state index in [9.17, 15) is 5.11 Å². The van der Waals surface area contributed by atoms with Gasteiger partial charge in [0.25, 0.3) is 0 Å². The van der Waals surface area contributed by atoms with E-state index in [4.69, 9.17) is 14.7 Å². The zero-order valence-corrected chi connectivity index (χ0v) is 20.0. The fourth-order valence-electron chi connectivity index (χ4n) is 3.87. The number of hydrogen-bond donors (Lipinski definition) is 3. The van der Waals surface area contributed by atoms with Crippen LogP contribution in [-0.2, 0) is 13.0 Å². The van der Waals surface area contributed by atoms with Gasteiger partial charge in [-0.3, -0.25) is 0 Å². The van der Waals surface area contributed by atoms with Crippen molar-refractivity contribution in [1.29, 1.82) is 0 Å². The maximum Gasteiger partial charge on any atom is 0.238 e. The van der Waals surface area contributed by atoms with E-state index in [0.717, 1.165) is 36.3 Å². The van der Waals surface area contributed by atoms with Crippen LogP contribution in [0.1, 0.15) is 39.0 Å². The average Bonchev–Trinajstić information content (AvgIpc) is 2.77. The Hall–Kier alpha value is -3.04. The highest BCUT2D eigenvalue weighted by molar-refractivity contribution is 5.88. The lowest BCUT2D eigenvalue weighted by Crippen LogP contribution is -2.37. The number of aliphatic hydroxyl groups is 1. The molecule has 0 radical (unpaired) electrons. The van der Waals surface area contributed by atoms with Crippen molar-refractivity contribution in [3.63, 3.8) is 0 Å². The standard InChI is InChI=1S/C24H33N7O2/c1-6-33-22-18(11-16-13-31(5)10-8-17(16)27-22)28-23-26-12-15-7-9-25-21(20(15)30-23)29-19(14-32)24(2,3)4/h7,9,11-12,19,32H,6,8,10,13-14H2,1-5H3,(H,25,29)(H,26,28,30)/t19-/m0/s1. The molecule has 176 valence electrons. The number of nitrogens with zero attached hydrogens (tertiary/aromatic N) is 5. The van der Waals surface area contributed by atoms with E-state index in [-0.39, 0.29) is 18.1 Å². The van der Waals surface area contributed by atoms with Crippen molar-refractivity contribution in [2.45, 2.75) is 46.7 Å². The van der Waals surface area contributed by atoms with Gasteiger partial charge in [0.1, 0.15) is 11.2 Å². The minimum absolute atomic E-state index is 0.00921. The Labute approximate surface area is 194 Å². The molecule has 4 heterocycles. The molecule has 0 unspecified atom stereocenters. The number of anilines is 3. The molecule has 0 aromatic carbocycles. The van der Waals surface area contributed by atoms with E-state index in [2.05, 4.69) is 59.4 Å². The van der Waals surface area contributed by atoms with Gasteiger partial charge in [0.05, 0.1) is 24.9 Å². The molecule has 0 saturated heterocycles. The first kappa shape index (κ1) is 23.1. The maximum atomic E-state index is 9.88. The Morgan fingerprint density at radius 3 is 2.79 bits per heavy atom. The fourth-order valence-corrected chi connectivity index (χ4v) is 3.87. The highest BCUT2D eigenvalue weighted by atomic mass is 16.5. The number of ether oxygens (including phenoxy) is 1. The van der Waals surface area contributed by atoms with E-state index < -0.39 is 0 Å². The Balaban J connectivity index is 1.69. The monoisotopic (exact) mass is 451 g/mol. The van der Waals surface area contributed by atoms with Crippen LogP contribution in [0.2, 0.25) is 0 Å². The molecule has 0 saturated carbocycles. The second-order valence-corrected chi connectivity index (χ2v) is 9.53. The second kappa shape index (κ2) is 9.44. The van der Waals surface area contributed by atoms with Crippen molar-refractivity contribution in [2.24, 2.45) is 5.41 Å². The lowest BCUT2D eigenvalue weighted by atomic mass is 9.87. The number of rotatable bonds is 7. The van der Waals surface area contributed by atoms with Crippen molar-refractivity contribution in [3.05, 3.63) is 35.8 Å². The van der Waals surface area contributed by atoms with Crippen LogP contribution in [0, 0.1) is 5.41 Å². The highest BCUT2D eigenvalue weighted by Crippen LogP contribution is 2.31. The van der Waals surface area contributed by atoms with Gasteiger partial charge in [-0.1, -0.05) is 20.8 Å². The quantitative estimate of drug-likeness (QED) is 0.498. The summed E-state index contributed by atoms with van der Waals surface area (Å²) in [5.41, 5.74) is 3.53. The van der Waals surface area contributed by atoms with Crippen LogP contribution < -0.4 is 15.4 Å². The molecule has 3 aromatic heterocycles. The Morgan fingerprint density at radius 2 is 2.06 bits per heavy atom. The molecule has 33 heavy (non-hydrogen) atoms. The van der Waals surface area contributed by atoms with Gasteiger partial charge in [0.15, 0.2) is 5.82 Å². The van der Waals surface area contributed by atoms with Gasteiger partial charge in [-0.25, -0.2) is 19.9 Å². The lowest BCUT2D eigenvalue weighted by Gasteiger charge is -2.30. The number of pyridine rings is 2. The molecule has 3 aromatic rings. The van der Waals surface area contributed by atoms with Crippen molar-refractivity contribution >= 4 is 28.4 Å². The summed E-state index contributed by atoms with van der Waals surface area (Å²) in [6.07, 6.45) is 4.39. The first-order valence-electron chi connectivity index (χ1n) is 11.4. The first-order chi connectivity index (χ1) is 15.8. The second-order valence-electron chi connectivity index (χ2n) is 9.53. The number of fused-ring (bicyclic) bond motifs is 2. The third kappa shape index (κ3) is 5.15. The molecular weight excluding hydrogens is 418 g/mol. The number of hydrogen-bond acceptors (Lipinski definition) is 9. The third-order valence-electron chi connectivity index (χ3n) is 5.89. The van der Waals surface area contributed by atoms with Crippen LogP contribution in [0.15, 0.2) is 24.5 Å². The molecule has 0 aliphatic carbocycles. The van der Waals surface area contributed by atoms with Gasteiger partial charge in [-0.05, 0) is 37.1 Å². The van der Waals surface area contributed by atoms with Gasteiger partial charge in [-0.15, -0.1) is 0 Å². The van der Waals surface area contributed by atoms with E-state index in [0.29, 0.717) is 29.8 Å². The number of nitrogens with one attached hydrogen (secondary N) is 2. The van der Waals surface area contributed by atoms with Crippen molar-refractivity contribution in [3.8, 4) is 5.88 Å². The largest absolute Gasteiger partial charge is 0.476 e. The summed E-state index contributed by atoms with van der Waals surface area (Å²) in [6, 6.07) is 3.78. The summed E-state index contributed by atoms with van der Waals surface area (Å²) in [7, 11) is 2.11. The van der Waals surface area contributed by atoms with E-state index in [1.165, 1.54) is 5.56 Å². The summed E-state index contributed by atoms with van der Waals surface area (Å²) < 4.78 is 5.82. The molecule has 1 aliphatic heterocycles. The average molecular weight is 452 g/mol. The normalized spacial score (nSPS) is 15.2. The summed E-state index contributed by atoms with van der Waals surface area (Å²) in [4.78, 5) is 20.8. The summed E-state index contributed by atoms with van der Waals surface area (Å²) in [5.74, 6) is 1.60. The summed E-state index contributed by atoms with van der Waals surface area (Å²) in [5, 5.41) is 17.4. The highest BCUT2D eigenvalue weighted by Gasteiger charge is 2.25. The van der Waals surface area contributed by atoms with Crippen molar-refractivity contribution in [1.82, 2.24) is 24.8 Å². The zero-order valence-electron chi connectivity index (χ0n) is 20.0. The van der Waals surface area contributed by atoms with E-state index >= 15 is 0 Å². The smallest absolute Gasteiger partial charge is 0.238 e. The predicted octanol–water partition coefficient (Wildman–Crippen LogP) is 3.37. The minimum Gasteiger partial charge on any atom is -0.476 e. The van der Waals surface area contributed by atoms with Gasteiger partial charge in [0, 0.05) is 37.3 Å². The molecular formula is C24H33N7O2. The molecule has 0 amide bonds. The Morgan fingerprint density at radius 1 is 1.24 bits per heavy atom. The van der Waals surface area contributed by atoms with Gasteiger partial charge >= 0.3 is 0 Å². The Bertz CT molecular complexity index is 1130. The lowest BCUT2D eigenvalue weighted by molar-refractivity contribution is 0.201. The van der Waals surface area contributed by atoms with Gasteiger partial charge < -0.3 is 25.4 Å². The molecule has 1 aliphatic rings. The molecule has 1 atom stereocenters. The molecule has 4 rings (SSSR count). The topological polar surface area (TPSA) is 108 Å². The molecule has 0 fully saturated rings. The third-order valence-corrected chi connectivity index (χ3v) is 5.89. The SMILES string of the molecule is CCOc1nc2c(cc1Nc1ncc3ccnc(N[C@@H](CO)C(C)(C)C)c3n1)CN(C)CC2. The van der Waals surface area contributed by atoms with Crippen molar-refractivity contribution in [2.75, 3.05) is 37.4 Å². The molecule has 9 nitrogen and oxygen atoms in total. The Kier molecular flexibility index (Phi) is 6.62. The van der Waals surface area contributed by atoms with E-state index in [1.54, 1.807) is 12.4 Å². The first-order valence-corrected chi connectivity index (χ1v) is 11.4. The zero-order chi connectivity index (χ0) is 23.6. The van der Waals surface area contributed by atoms with Crippen LogP contribution in [0.3, 0.4) is 0 Å². The molecule has 9 heteroatoms. The van der Waals surface area contributed by atoms with Gasteiger partial charge in [-0.2, -0.15) is 0 Å². The van der Waals surface area contributed by atoms with Crippen LogP contribution >= 0.6 is 0 Å². The van der Waals surface area contributed by atoms with Crippen LogP contribution in [0.5, 0.6) is 5.88 Å². The van der Waals surface area contributed by atoms with Crippen LogP contribution in [-0.4, -0.2) is 62.8 Å². The number of aliphatic hydroxyl groups excluding tert-OH is 1. The van der Waals surface area contributed by atoms with Gasteiger partial charge in [0.2, 0.25) is 11.8 Å². The number of aromatic nitrogens is 4. The predicted molar refractivity (Wildman–Crippen MR) is 130 cm³/mol. The molecule has 0 bridgehead atoms. The maximum absolute atomic E-state index is 9.88. The number of likely N-dealkylation sites (N-methyl/N-ethyl adjacent to an activating group) is 1. The van der Waals surface area contributed by atoms with E-state index in [1.807, 2.05) is 13.0 Å². The summed E-state index contributed by atoms with van der Waals surface area (Å²) >= 11 is 0. The molecule has 3 N–H and O–H groups in total. The minimum atomic E-state index is -0.173. The fraction of sp³-hybridized carbons (Fsp3) is 0.500. The summed E-state index contributed by atoms with van der Waals surface area (Å²) in [6.45, 7) is 10.5. The van der Waals surface area contributed by atoms with Crippen LogP contribution in [0.4, 0.5) is 17.5 Å². The molecule has 0 spiro atoms. The van der Waals surface area contributed by atoms with Crippen molar-refractivity contribution < 1.29 is 9.84 Å².